The van der Waals surface area contributed by atoms with Gasteiger partial charge in [-0.2, -0.15) is 0 Å². The molecule has 2 saturated carbocycles. The van der Waals surface area contributed by atoms with Crippen LogP contribution in [0.3, 0.4) is 0 Å². The fraction of sp³-hybridized carbons (Fsp3) is 0.900. The molecule has 2 aliphatic rings. The molecule has 0 spiro atoms. The van der Waals surface area contributed by atoms with Crippen molar-refractivity contribution in [3.63, 3.8) is 0 Å². The molecule has 12 heavy (non-hydrogen) atoms. The summed E-state index contributed by atoms with van der Waals surface area (Å²) >= 11 is 0. The van der Waals surface area contributed by atoms with Crippen molar-refractivity contribution in [3.8, 4) is 0 Å². The van der Waals surface area contributed by atoms with Crippen molar-refractivity contribution in [2.24, 2.45) is 16.7 Å². The van der Waals surface area contributed by atoms with Gasteiger partial charge >= 0.3 is 0 Å². The van der Waals surface area contributed by atoms with Crippen LogP contribution >= 0.6 is 0 Å². The van der Waals surface area contributed by atoms with Crippen molar-refractivity contribution in [2.45, 2.75) is 33.1 Å². The smallest absolute Gasteiger partial charge is 0.139 e. The summed E-state index contributed by atoms with van der Waals surface area (Å²) in [4.78, 5) is 11.6. The number of rotatable bonds is 1. The summed E-state index contributed by atoms with van der Waals surface area (Å²) < 4.78 is 0. The second kappa shape index (κ2) is 2.11. The van der Waals surface area contributed by atoms with E-state index >= 15 is 0 Å². The fourth-order valence-corrected chi connectivity index (χ4v) is 3.06. The number of hydrogen-bond donors (Lipinski definition) is 1. The molecule has 0 unspecified atom stereocenters. The van der Waals surface area contributed by atoms with Gasteiger partial charge in [-0.25, -0.2) is 0 Å². The van der Waals surface area contributed by atoms with Crippen LogP contribution in [0.25, 0.3) is 0 Å². The van der Waals surface area contributed by atoms with E-state index < -0.39 is 0 Å². The largest absolute Gasteiger partial charge is 0.396 e. The highest BCUT2D eigenvalue weighted by Crippen LogP contribution is 2.63. The number of Topliss-reactive ketones (excluding diaryl/α,β-unsaturated/α-hetero) is 1. The summed E-state index contributed by atoms with van der Waals surface area (Å²) in [7, 11) is 0. The van der Waals surface area contributed by atoms with E-state index in [0.717, 1.165) is 12.8 Å². The molecule has 2 fully saturated rings. The van der Waals surface area contributed by atoms with E-state index in [1.54, 1.807) is 0 Å². The van der Waals surface area contributed by atoms with Gasteiger partial charge in [0.15, 0.2) is 0 Å². The molecule has 0 amide bonds. The van der Waals surface area contributed by atoms with Crippen molar-refractivity contribution in [1.82, 2.24) is 0 Å². The first-order chi connectivity index (χ1) is 5.54. The summed E-state index contributed by atoms with van der Waals surface area (Å²) in [5.41, 5.74) is -0.337. The molecule has 2 nitrogen and oxygen atoms in total. The molecule has 0 aromatic heterocycles. The first-order valence-electron chi connectivity index (χ1n) is 4.69. The lowest BCUT2D eigenvalue weighted by molar-refractivity contribution is -0.129. The normalized spacial score (nSPS) is 51.9. The topological polar surface area (TPSA) is 37.3 Å². The van der Waals surface area contributed by atoms with Crippen molar-refractivity contribution < 1.29 is 9.90 Å². The third-order valence-corrected chi connectivity index (χ3v) is 4.53. The summed E-state index contributed by atoms with van der Waals surface area (Å²) in [5.74, 6) is 0.815. The predicted molar refractivity (Wildman–Crippen MR) is 45.6 cm³/mol. The monoisotopic (exact) mass is 168 g/mol. The molecule has 2 heteroatoms. The molecule has 0 aromatic rings. The van der Waals surface area contributed by atoms with Crippen LogP contribution in [0.1, 0.15) is 33.1 Å². The number of aliphatic hydroxyl groups excluding tert-OH is 1. The number of ketones is 1. The molecule has 3 atom stereocenters. The Morgan fingerprint density at radius 2 is 2.25 bits per heavy atom. The molecule has 0 saturated heterocycles. The minimum Gasteiger partial charge on any atom is -0.396 e. The summed E-state index contributed by atoms with van der Waals surface area (Å²) in [6, 6.07) is 0. The lowest BCUT2D eigenvalue weighted by Gasteiger charge is -2.34. The van der Waals surface area contributed by atoms with Gasteiger partial charge in [-0.3, -0.25) is 4.79 Å². The van der Waals surface area contributed by atoms with Gasteiger partial charge in [0.05, 0.1) is 0 Å². The number of carbonyl (C=O) groups is 1. The van der Waals surface area contributed by atoms with Gasteiger partial charge in [0.1, 0.15) is 5.78 Å². The van der Waals surface area contributed by atoms with Crippen LogP contribution in [0.2, 0.25) is 0 Å². The molecule has 2 aliphatic carbocycles. The van der Waals surface area contributed by atoms with E-state index in [0.29, 0.717) is 18.1 Å². The summed E-state index contributed by atoms with van der Waals surface area (Å²) in [6.45, 7) is 4.26. The van der Waals surface area contributed by atoms with Gasteiger partial charge in [-0.05, 0) is 18.8 Å². The standard InChI is InChI=1S/C10H16O2/c1-9-4-3-7(5-8(9)12)10(9,2)6-11/h7,11H,3-6H2,1-2H3/t7-,9+,10+/m0/s1. The molecular weight excluding hydrogens is 152 g/mol. The van der Waals surface area contributed by atoms with E-state index in [4.69, 9.17) is 0 Å². The average molecular weight is 168 g/mol. The number of fused-ring (bicyclic) bond motifs is 2. The van der Waals surface area contributed by atoms with E-state index in [1.165, 1.54) is 0 Å². The van der Waals surface area contributed by atoms with Crippen LogP contribution in [0, 0.1) is 16.7 Å². The highest BCUT2D eigenvalue weighted by molar-refractivity contribution is 5.89. The SMILES string of the molecule is C[C@@]12CC[C@@H](CC1=O)[C@@]2(C)CO. The van der Waals surface area contributed by atoms with Gasteiger partial charge in [0.25, 0.3) is 0 Å². The molecular formula is C10H16O2. The first kappa shape index (κ1) is 8.24. The van der Waals surface area contributed by atoms with Gasteiger partial charge in [0.2, 0.25) is 0 Å². The number of aliphatic hydroxyl groups is 1. The molecule has 2 rings (SSSR count). The lowest BCUT2D eigenvalue weighted by Crippen LogP contribution is -2.37. The zero-order chi connectivity index (χ0) is 8.98. The van der Waals surface area contributed by atoms with Crippen LogP contribution < -0.4 is 0 Å². The first-order valence-corrected chi connectivity index (χ1v) is 4.69. The van der Waals surface area contributed by atoms with Gasteiger partial charge < -0.3 is 5.11 Å². The van der Waals surface area contributed by atoms with Crippen molar-refractivity contribution in [3.05, 3.63) is 0 Å². The zero-order valence-corrected chi connectivity index (χ0v) is 7.76. The second-order valence-electron chi connectivity index (χ2n) is 4.77. The molecule has 1 N–H and O–H groups in total. The Morgan fingerprint density at radius 3 is 2.50 bits per heavy atom. The minimum absolute atomic E-state index is 0.121. The Bertz CT molecular complexity index is 236. The Morgan fingerprint density at radius 1 is 1.58 bits per heavy atom. The molecule has 0 aliphatic heterocycles. The minimum atomic E-state index is -0.216. The third-order valence-electron chi connectivity index (χ3n) is 4.53. The molecule has 0 radical (unpaired) electrons. The maximum atomic E-state index is 11.6. The van der Waals surface area contributed by atoms with Crippen LogP contribution in [-0.4, -0.2) is 17.5 Å². The van der Waals surface area contributed by atoms with Crippen molar-refractivity contribution >= 4 is 5.78 Å². The maximum Gasteiger partial charge on any atom is 0.139 e. The van der Waals surface area contributed by atoms with Crippen LogP contribution in [0.4, 0.5) is 0 Å². The molecule has 0 aromatic carbocycles. The second-order valence-corrected chi connectivity index (χ2v) is 4.77. The highest BCUT2D eigenvalue weighted by atomic mass is 16.3. The molecule has 68 valence electrons. The van der Waals surface area contributed by atoms with Crippen LogP contribution in [-0.2, 0) is 4.79 Å². The Hall–Kier alpha value is -0.370. The predicted octanol–water partition coefficient (Wildman–Crippen LogP) is 1.37. The Labute approximate surface area is 73.0 Å². The third kappa shape index (κ3) is 0.634. The summed E-state index contributed by atoms with van der Waals surface area (Å²) in [6.07, 6.45) is 2.81. The molecule has 0 heterocycles. The van der Waals surface area contributed by atoms with Crippen LogP contribution in [0.5, 0.6) is 0 Å². The van der Waals surface area contributed by atoms with Crippen molar-refractivity contribution in [1.29, 1.82) is 0 Å². The van der Waals surface area contributed by atoms with E-state index in [2.05, 4.69) is 6.92 Å². The molecule has 2 bridgehead atoms. The van der Waals surface area contributed by atoms with E-state index in [9.17, 15) is 9.90 Å². The lowest BCUT2D eigenvalue weighted by atomic mass is 9.69. The van der Waals surface area contributed by atoms with Crippen molar-refractivity contribution in [2.75, 3.05) is 6.61 Å². The fourth-order valence-electron chi connectivity index (χ4n) is 3.06. The average Bonchev–Trinajstić information content (AvgIpc) is 2.39. The van der Waals surface area contributed by atoms with Crippen LogP contribution in [0.15, 0.2) is 0 Å². The van der Waals surface area contributed by atoms with E-state index in [-0.39, 0.29) is 17.4 Å². The van der Waals surface area contributed by atoms with Gasteiger partial charge in [0, 0.05) is 23.9 Å². The van der Waals surface area contributed by atoms with E-state index in [1.807, 2.05) is 6.92 Å². The van der Waals surface area contributed by atoms with Gasteiger partial charge in [-0.15, -0.1) is 0 Å². The number of carbonyl (C=O) groups excluding carboxylic acids is 1. The highest BCUT2D eigenvalue weighted by Gasteiger charge is 2.63. The Kier molecular flexibility index (Phi) is 1.45. The zero-order valence-electron chi connectivity index (χ0n) is 7.76. The Balaban J connectivity index is 2.44. The summed E-state index contributed by atoms with van der Waals surface area (Å²) in [5, 5.41) is 9.34. The maximum absolute atomic E-state index is 11.6. The number of hydrogen-bond acceptors (Lipinski definition) is 2. The quantitative estimate of drug-likeness (QED) is 0.642. The van der Waals surface area contributed by atoms with Gasteiger partial charge in [-0.1, -0.05) is 13.8 Å².